The molecule has 0 aliphatic carbocycles. The van der Waals surface area contributed by atoms with Crippen molar-refractivity contribution in [1.29, 1.82) is 0 Å². The average Bonchev–Trinajstić information content (AvgIpc) is 2.34. The van der Waals surface area contributed by atoms with Gasteiger partial charge in [0.15, 0.2) is 5.78 Å². The van der Waals surface area contributed by atoms with Crippen LogP contribution in [0.3, 0.4) is 0 Å². The predicted molar refractivity (Wildman–Crippen MR) is 68.7 cm³/mol. The molecule has 0 N–H and O–H groups in total. The van der Waals surface area contributed by atoms with Crippen LogP contribution >= 0.6 is 15.9 Å². The van der Waals surface area contributed by atoms with Crippen molar-refractivity contribution in [1.82, 2.24) is 0 Å². The second-order valence-corrected chi connectivity index (χ2v) is 4.70. The fourth-order valence-corrected chi connectivity index (χ4v) is 2.21. The lowest BCUT2D eigenvalue weighted by atomic mass is 10.0. The molecule has 0 aliphatic rings. The lowest BCUT2D eigenvalue weighted by molar-refractivity contribution is 0.103. The smallest absolute Gasteiger partial charge is 0.196 e. The lowest BCUT2D eigenvalue weighted by Gasteiger charge is -2.06. The van der Waals surface area contributed by atoms with Gasteiger partial charge in [-0.25, -0.2) is 4.39 Å². The highest BCUT2D eigenvalue weighted by atomic mass is 79.9. The third-order valence-electron chi connectivity index (χ3n) is 2.50. The highest BCUT2D eigenvalue weighted by molar-refractivity contribution is 9.10. The van der Waals surface area contributed by atoms with Gasteiger partial charge in [-0.15, -0.1) is 0 Å². The van der Waals surface area contributed by atoms with Gasteiger partial charge >= 0.3 is 0 Å². The third-order valence-corrected chi connectivity index (χ3v) is 2.96. The van der Waals surface area contributed by atoms with E-state index in [9.17, 15) is 9.18 Å². The minimum atomic E-state index is -0.456. The SMILES string of the molecule is Cc1cc(Br)cc(C(=O)c2ccccc2)c1F. The van der Waals surface area contributed by atoms with E-state index in [2.05, 4.69) is 15.9 Å². The summed E-state index contributed by atoms with van der Waals surface area (Å²) in [5.41, 5.74) is 1.05. The molecule has 0 bridgehead atoms. The molecule has 0 radical (unpaired) electrons. The van der Waals surface area contributed by atoms with E-state index >= 15 is 0 Å². The number of rotatable bonds is 2. The summed E-state index contributed by atoms with van der Waals surface area (Å²) in [5.74, 6) is -0.755. The second kappa shape index (κ2) is 4.80. The number of benzene rings is 2. The predicted octanol–water partition coefficient (Wildman–Crippen LogP) is 4.13. The van der Waals surface area contributed by atoms with Gasteiger partial charge < -0.3 is 0 Å². The van der Waals surface area contributed by atoms with Gasteiger partial charge in [0.05, 0.1) is 5.56 Å². The number of hydrogen-bond donors (Lipinski definition) is 0. The van der Waals surface area contributed by atoms with Gasteiger partial charge in [-0.2, -0.15) is 0 Å². The van der Waals surface area contributed by atoms with Gasteiger partial charge in [-0.05, 0) is 24.6 Å². The van der Waals surface area contributed by atoms with Gasteiger partial charge in [0.2, 0.25) is 0 Å². The van der Waals surface area contributed by atoms with E-state index in [4.69, 9.17) is 0 Å². The average molecular weight is 293 g/mol. The Morgan fingerprint density at radius 3 is 2.47 bits per heavy atom. The van der Waals surface area contributed by atoms with E-state index in [0.29, 0.717) is 15.6 Å². The first-order chi connectivity index (χ1) is 8.09. The quantitative estimate of drug-likeness (QED) is 0.761. The maximum Gasteiger partial charge on any atom is 0.196 e. The summed E-state index contributed by atoms with van der Waals surface area (Å²) in [6.07, 6.45) is 0. The first-order valence-electron chi connectivity index (χ1n) is 5.15. The Balaban J connectivity index is 2.52. The molecule has 0 aromatic heterocycles. The van der Waals surface area contributed by atoms with E-state index in [0.717, 1.165) is 0 Å². The molecule has 0 saturated heterocycles. The van der Waals surface area contributed by atoms with Crippen molar-refractivity contribution >= 4 is 21.7 Å². The van der Waals surface area contributed by atoms with Crippen LogP contribution in [0.2, 0.25) is 0 Å². The fourth-order valence-electron chi connectivity index (χ4n) is 1.64. The van der Waals surface area contributed by atoms with Crippen LogP contribution in [0.4, 0.5) is 4.39 Å². The second-order valence-electron chi connectivity index (χ2n) is 3.78. The van der Waals surface area contributed by atoms with E-state index in [1.54, 1.807) is 37.3 Å². The number of carbonyl (C=O) groups is 1. The van der Waals surface area contributed by atoms with Crippen molar-refractivity contribution in [2.45, 2.75) is 6.92 Å². The molecule has 0 spiro atoms. The van der Waals surface area contributed by atoms with Crippen molar-refractivity contribution in [2.75, 3.05) is 0 Å². The molecule has 2 aromatic rings. The summed E-state index contributed by atoms with van der Waals surface area (Å²) in [6, 6.07) is 11.9. The number of aryl methyl sites for hydroxylation is 1. The Labute approximate surface area is 107 Å². The summed E-state index contributed by atoms with van der Waals surface area (Å²) in [4.78, 5) is 12.1. The zero-order valence-electron chi connectivity index (χ0n) is 9.21. The minimum Gasteiger partial charge on any atom is -0.288 e. The van der Waals surface area contributed by atoms with Crippen molar-refractivity contribution < 1.29 is 9.18 Å². The summed E-state index contributed by atoms with van der Waals surface area (Å²) in [7, 11) is 0. The third kappa shape index (κ3) is 2.44. The van der Waals surface area contributed by atoms with E-state index < -0.39 is 5.82 Å². The number of ketones is 1. The van der Waals surface area contributed by atoms with Crippen molar-refractivity contribution in [3.8, 4) is 0 Å². The van der Waals surface area contributed by atoms with Crippen LogP contribution in [-0.4, -0.2) is 5.78 Å². The summed E-state index contributed by atoms with van der Waals surface area (Å²) in [6.45, 7) is 1.64. The summed E-state index contributed by atoms with van der Waals surface area (Å²) in [5, 5.41) is 0. The Morgan fingerprint density at radius 1 is 1.18 bits per heavy atom. The number of halogens is 2. The number of carbonyl (C=O) groups excluding carboxylic acids is 1. The van der Waals surface area contributed by atoms with Crippen LogP contribution in [0.15, 0.2) is 46.9 Å². The Morgan fingerprint density at radius 2 is 1.82 bits per heavy atom. The largest absolute Gasteiger partial charge is 0.288 e. The van der Waals surface area contributed by atoms with Crippen LogP contribution in [0, 0.1) is 12.7 Å². The molecular weight excluding hydrogens is 283 g/mol. The molecular formula is C14H10BrFO. The molecule has 2 rings (SSSR count). The monoisotopic (exact) mass is 292 g/mol. The fraction of sp³-hybridized carbons (Fsp3) is 0.0714. The first-order valence-corrected chi connectivity index (χ1v) is 5.94. The van der Waals surface area contributed by atoms with Crippen LogP contribution in [-0.2, 0) is 0 Å². The minimum absolute atomic E-state index is 0.100. The Kier molecular flexibility index (Phi) is 3.38. The zero-order chi connectivity index (χ0) is 12.4. The molecule has 3 heteroatoms. The van der Waals surface area contributed by atoms with Crippen molar-refractivity contribution in [3.05, 3.63) is 69.4 Å². The summed E-state index contributed by atoms with van der Waals surface area (Å²) >= 11 is 3.27. The van der Waals surface area contributed by atoms with Gasteiger partial charge in [-0.3, -0.25) is 4.79 Å². The molecule has 0 aliphatic heterocycles. The van der Waals surface area contributed by atoms with Crippen LogP contribution < -0.4 is 0 Å². The molecule has 0 heterocycles. The van der Waals surface area contributed by atoms with E-state index in [1.165, 1.54) is 6.07 Å². The first kappa shape index (κ1) is 12.0. The van der Waals surface area contributed by atoms with E-state index in [1.807, 2.05) is 6.07 Å². The normalized spacial score (nSPS) is 10.3. The van der Waals surface area contributed by atoms with Crippen LogP contribution in [0.1, 0.15) is 21.5 Å². The van der Waals surface area contributed by atoms with Gasteiger partial charge in [-0.1, -0.05) is 46.3 Å². The molecule has 1 nitrogen and oxygen atoms in total. The van der Waals surface area contributed by atoms with Gasteiger partial charge in [0.25, 0.3) is 0 Å². The number of hydrogen-bond acceptors (Lipinski definition) is 1. The Bertz CT molecular complexity index is 564. The van der Waals surface area contributed by atoms with Crippen LogP contribution in [0.5, 0.6) is 0 Å². The molecule has 17 heavy (non-hydrogen) atoms. The van der Waals surface area contributed by atoms with Crippen molar-refractivity contribution in [3.63, 3.8) is 0 Å². The lowest BCUT2D eigenvalue weighted by Crippen LogP contribution is -2.05. The zero-order valence-corrected chi connectivity index (χ0v) is 10.8. The topological polar surface area (TPSA) is 17.1 Å². The van der Waals surface area contributed by atoms with Crippen molar-refractivity contribution in [2.24, 2.45) is 0 Å². The van der Waals surface area contributed by atoms with E-state index in [-0.39, 0.29) is 11.3 Å². The highest BCUT2D eigenvalue weighted by Crippen LogP contribution is 2.22. The molecule has 0 atom stereocenters. The molecule has 0 saturated carbocycles. The maximum atomic E-state index is 13.9. The van der Waals surface area contributed by atoms with Crippen LogP contribution in [0.25, 0.3) is 0 Å². The highest BCUT2D eigenvalue weighted by Gasteiger charge is 2.16. The standard InChI is InChI=1S/C14H10BrFO/c1-9-7-11(15)8-12(13(9)16)14(17)10-5-3-2-4-6-10/h2-8H,1H3. The van der Waals surface area contributed by atoms with Gasteiger partial charge in [0.1, 0.15) is 5.82 Å². The maximum absolute atomic E-state index is 13.9. The Hall–Kier alpha value is -1.48. The molecule has 2 aromatic carbocycles. The molecule has 86 valence electrons. The van der Waals surface area contributed by atoms with Gasteiger partial charge in [0, 0.05) is 10.0 Å². The summed E-state index contributed by atoms with van der Waals surface area (Å²) < 4.78 is 14.6. The molecule has 0 fully saturated rings. The molecule has 0 amide bonds. The molecule has 0 unspecified atom stereocenters.